The predicted octanol–water partition coefficient (Wildman–Crippen LogP) is 0.0692. The highest BCUT2D eigenvalue weighted by atomic mass is 16.5. The minimum absolute atomic E-state index is 0.00190. The zero-order valence-corrected chi connectivity index (χ0v) is 12.5. The van der Waals surface area contributed by atoms with Gasteiger partial charge in [-0.3, -0.25) is 9.69 Å². The first-order chi connectivity index (χ1) is 9.43. The number of carbonyl (C=O) groups excluding carboxylic acids is 1. The second kappa shape index (κ2) is 8.06. The Bertz CT molecular complexity index is 338. The highest BCUT2D eigenvalue weighted by molar-refractivity contribution is 5.75. The third kappa shape index (κ3) is 5.34. The summed E-state index contributed by atoms with van der Waals surface area (Å²) < 4.78 is 5.59. The fourth-order valence-electron chi connectivity index (χ4n) is 2.10. The molecule has 0 aromatic rings. The summed E-state index contributed by atoms with van der Waals surface area (Å²) in [6.07, 6.45) is -0.00190. The number of hydrogen-bond donors (Lipinski definition) is 2. The number of ether oxygens (including phenoxy) is 1. The van der Waals surface area contributed by atoms with E-state index in [1.54, 1.807) is 14.0 Å². The Kier molecular flexibility index (Phi) is 6.74. The number of carboxylic acids is 1. The number of hydrogen-bond acceptors (Lipinski definition) is 4. The van der Waals surface area contributed by atoms with Gasteiger partial charge in [-0.2, -0.15) is 0 Å². The Morgan fingerprint density at radius 2 is 2.25 bits per heavy atom. The molecule has 2 unspecified atom stereocenters. The second-order valence-electron chi connectivity index (χ2n) is 5.19. The van der Waals surface area contributed by atoms with E-state index < -0.39 is 11.9 Å². The molecule has 1 saturated heterocycles. The second-order valence-corrected chi connectivity index (χ2v) is 5.19. The number of morpholine rings is 1. The quantitative estimate of drug-likeness (QED) is 0.722. The van der Waals surface area contributed by atoms with Crippen LogP contribution in [0.1, 0.15) is 13.8 Å². The molecular weight excluding hydrogens is 262 g/mol. The average molecular weight is 287 g/mol. The number of urea groups is 1. The molecule has 7 heteroatoms. The summed E-state index contributed by atoms with van der Waals surface area (Å²) in [6.45, 7) is 7.71. The standard InChI is InChI=1S/C13H25N3O4/c1-4-16-5-6-20-11(9-16)7-14-13(19)15(3)8-10(2)12(17)18/h10-11H,4-9H2,1-3H3,(H,14,19)(H,17,18). The summed E-state index contributed by atoms with van der Waals surface area (Å²) in [5, 5.41) is 11.6. The van der Waals surface area contributed by atoms with Crippen molar-refractivity contribution < 1.29 is 19.4 Å². The van der Waals surface area contributed by atoms with Crippen LogP contribution in [0.15, 0.2) is 0 Å². The van der Waals surface area contributed by atoms with Crippen LogP contribution in [0.3, 0.4) is 0 Å². The highest BCUT2D eigenvalue weighted by Gasteiger charge is 2.21. The summed E-state index contributed by atoms with van der Waals surface area (Å²) in [5.74, 6) is -1.48. The molecule has 2 amide bonds. The maximum absolute atomic E-state index is 11.8. The van der Waals surface area contributed by atoms with Crippen LogP contribution in [-0.2, 0) is 9.53 Å². The van der Waals surface area contributed by atoms with Crippen LogP contribution in [0.5, 0.6) is 0 Å². The first kappa shape index (κ1) is 16.7. The Labute approximate surface area is 119 Å². The predicted molar refractivity (Wildman–Crippen MR) is 74.7 cm³/mol. The molecule has 0 aromatic heterocycles. The summed E-state index contributed by atoms with van der Waals surface area (Å²) >= 11 is 0. The van der Waals surface area contributed by atoms with Gasteiger partial charge in [0.2, 0.25) is 0 Å². The van der Waals surface area contributed by atoms with E-state index in [2.05, 4.69) is 17.1 Å². The first-order valence-electron chi connectivity index (χ1n) is 6.99. The lowest BCUT2D eigenvalue weighted by Gasteiger charge is -2.32. The highest BCUT2D eigenvalue weighted by Crippen LogP contribution is 2.04. The number of amides is 2. The van der Waals surface area contributed by atoms with Crippen molar-refractivity contribution in [2.45, 2.75) is 20.0 Å². The molecule has 2 atom stereocenters. The number of nitrogens with one attached hydrogen (secondary N) is 1. The topological polar surface area (TPSA) is 82.1 Å². The van der Waals surface area contributed by atoms with E-state index >= 15 is 0 Å². The van der Waals surface area contributed by atoms with Crippen molar-refractivity contribution in [1.82, 2.24) is 15.1 Å². The van der Waals surface area contributed by atoms with Crippen LogP contribution < -0.4 is 5.32 Å². The van der Waals surface area contributed by atoms with Gasteiger partial charge in [0, 0.05) is 33.2 Å². The largest absolute Gasteiger partial charge is 0.481 e. The van der Waals surface area contributed by atoms with Gasteiger partial charge < -0.3 is 20.1 Å². The maximum atomic E-state index is 11.8. The SMILES string of the molecule is CCN1CCOC(CNC(=O)N(C)CC(C)C(=O)O)C1. The van der Waals surface area contributed by atoms with Crippen molar-refractivity contribution in [3.05, 3.63) is 0 Å². The van der Waals surface area contributed by atoms with Crippen LogP contribution in [0.2, 0.25) is 0 Å². The van der Waals surface area contributed by atoms with Gasteiger partial charge in [-0.15, -0.1) is 0 Å². The Morgan fingerprint density at radius 3 is 2.85 bits per heavy atom. The van der Waals surface area contributed by atoms with Gasteiger partial charge in [0.1, 0.15) is 0 Å². The zero-order chi connectivity index (χ0) is 15.1. The molecule has 1 heterocycles. The molecule has 0 aliphatic carbocycles. The van der Waals surface area contributed by atoms with E-state index in [1.807, 2.05) is 0 Å². The minimum Gasteiger partial charge on any atom is -0.481 e. The number of rotatable bonds is 6. The fourth-order valence-corrected chi connectivity index (χ4v) is 2.10. The maximum Gasteiger partial charge on any atom is 0.317 e. The van der Waals surface area contributed by atoms with Crippen molar-refractivity contribution in [3.63, 3.8) is 0 Å². The molecule has 20 heavy (non-hydrogen) atoms. The molecule has 0 bridgehead atoms. The molecule has 0 spiro atoms. The molecule has 0 aromatic carbocycles. The van der Waals surface area contributed by atoms with Crippen molar-refractivity contribution in [1.29, 1.82) is 0 Å². The summed E-state index contributed by atoms with van der Waals surface area (Å²) in [6, 6.07) is -0.268. The van der Waals surface area contributed by atoms with E-state index in [4.69, 9.17) is 9.84 Å². The van der Waals surface area contributed by atoms with Crippen LogP contribution in [0.4, 0.5) is 4.79 Å². The molecule has 1 aliphatic rings. The van der Waals surface area contributed by atoms with E-state index in [1.165, 1.54) is 4.90 Å². The van der Waals surface area contributed by atoms with Crippen LogP contribution in [0.25, 0.3) is 0 Å². The van der Waals surface area contributed by atoms with Gasteiger partial charge in [0.15, 0.2) is 0 Å². The fraction of sp³-hybridized carbons (Fsp3) is 0.846. The number of nitrogens with zero attached hydrogens (tertiary/aromatic N) is 2. The van der Waals surface area contributed by atoms with Crippen molar-refractivity contribution >= 4 is 12.0 Å². The van der Waals surface area contributed by atoms with Crippen LogP contribution >= 0.6 is 0 Å². The third-order valence-corrected chi connectivity index (χ3v) is 3.47. The first-order valence-corrected chi connectivity index (χ1v) is 6.99. The van der Waals surface area contributed by atoms with Gasteiger partial charge in [0.05, 0.1) is 18.6 Å². The lowest BCUT2D eigenvalue weighted by Crippen LogP contribution is -2.49. The number of carbonyl (C=O) groups is 2. The van der Waals surface area contributed by atoms with E-state index in [9.17, 15) is 9.59 Å². The number of likely N-dealkylation sites (N-methyl/N-ethyl adjacent to an activating group) is 1. The third-order valence-electron chi connectivity index (χ3n) is 3.47. The van der Waals surface area contributed by atoms with E-state index in [0.29, 0.717) is 13.2 Å². The minimum atomic E-state index is -0.904. The lowest BCUT2D eigenvalue weighted by molar-refractivity contribution is -0.141. The monoisotopic (exact) mass is 287 g/mol. The molecule has 1 rings (SSSR count). The van der Waals surface area contributed by atoms with Gasteiger partial charge in [0.25, 0.3) is 0 Å². The average Bonchev–Trinajstić information content (AvgIpc) is 2.44. The molecule has 0 saturated carbocycles. The molecule has 7 nitrogen and oxygen atoms in total. The van der Waals surface area contributed by atoms with Crippen LogP contribution in [0, 0.1) is 5.92 Å². The van der Waals surface area contributed by atoms with Crippen molar-refractivity contribution in [3.8, 4) is 0 Å². The number of carboxylic acid groups (broad SMARTS) is 1. The van der Waals surface area contributed by atoms with Crippen LogP contribution in [-0.4, -0.2) is 79.4 Å². The molecular formula is C13H25N3O4. The smallest absolute Gasteiger partial charge is 0.317 e. The summed E-state index contributed by atoms with van der Waals surface area (Å²) in [7, 11) is 1.59. The van der Waals surface area contributed by atoms with Gasteiger partial charge in [-0.25, -0.2) is 4.79 Å². The van der Waals surface area contributed by atoms with Gasteiger partial charge in [-0.1, -0.05) is 13.8 Å². The summed E-state index contributed by atoms with van der Waals surface area (Å²) in [5.41, 5.74) is 0. The van der Waals surface area contributed by atoms with Crippen molar-refractivity contribution in [2.24, 2.45) is 5.92 Å². The number of aliphatic carboxylic acids is 1. The Morgan fingerprint density at radius 1 is 1.55 bits per heavy atom. The van der Waals surface area contributed by atoms with E-state index in [0.717, 1.165) is 19.6 Å². The molecule has 1 aliphatic heterocycles. The Balaban J connectivity index is 2.29. The van der Waals surface area contributed by atoms with Gasteiger partial charge in [-0.05, 0) is 6.54 Å². The molecule has 0 radical (unpaired) electrons. The zero-order valence-electron chi connectivity index (χ0n) is 12.5. The van der Waals surface area contributed by atoms with Gasteiger partial charge >= 0.3 is 12.0 Å². The molecule has 1 fully saturated rings. The van der Waals surface area contributed by atoms with E-state index in [-0.39, 0.29) is 18.7 Å². The van der Waals surface area contributed by atoms with Crippen molar-refractivity contribution in [2.75, 3.05) is 46.4 Å². The normalized spacial score (nSPS) is 21.2. The molecule has 2 N–H and O–H groups in total. The Hall–Kier alpha value is -1.34. The molecule has 116 valence electrons. The summed E-state index contributed by atoms with van der Waals surface area (Å²) in [4.78, 5) is 26.3. The lowest BCUT2D eigenvalue weighted by atomic mass is 10.2.